The Bertz CT molecular complexity index is 907. The van der Waals surface area contributed by atoms with E-state index >= 15 is 0 Å². The topological polar surface area (TPSA) is 78.0 Å². The molecule has 2 aliphatic heterocycles. The van der Waals surface area contributed by atoms with E-state index in [-0.39, 0.29) is 11.8 Å². The van der Waals surface area contributed by atoms with Gasteiger partial charge in [-0.25, -0.2) is 9.97 Å². The second kappa shape index (κ2) is 7.86. The number of rotatable bonds is 2. The van der Waals surface area contributed by atoms with Crippen molar-refractivity contribution in [1.29, 1.82) is 0 Å². The Labute approximate surface area is 171 Å². The summed E-state index contributed by atoms with van der Waals surface area (Å²) in [6.07, 6.45) is 10.6. The van der Waals surface area contributed by atoms with Crippen LogP contribution in [0.3, 0.4) is 0 Å². The number of nitrogens with one attached hydrogen (secondary N) is 1. The molecule has 1 fully saturated rings. The van der Waals surface area contributed by atoms with Crippen LogP contribution in [0, 0.1) is 0 Å². The monoisotopic (exact) mass is 394 g/mol. The van der Waals surface area contributed by atoms with E-state index in [0.717, 1.165) is 69.5 Å². The lowest BCUT2D eigenvalue weighted by molar-refractivity contribution is 0.0697. The summed E-state index contributed by atoms with van der Waals surface area (Å²) in [5, 5.41) is 7.57. The molecule has 1 N–H and O–H groups in total. The van der Waals surface area contributed by atoms with E-state index in [1.165, 1.54) is 29.8 Å². The molecule has 2 aromatic heterocycles. The molecule has 0 spiro atoms. The number of likely N-dealkylation sites (tertiary alicyclic amines) is 1. The number of fused-ring (bicyclic) bond motifs is 2. The molecule has 1 atom stereocenters. The summed E-state index contributed by atoms with van der Waals surface area (Å²) in [6.45, 7) is 3.46. The molecule has 0 saturated carbocycles. The number of aryl methyl sites for hydroxylation is 1. The van der Waals surface area contributed by atoms with Crippen LogP contribution in [0.5, 0.6) is 0 Å². The first kappa shape index (κ1) is 18.7. The fraction of sp³-hybridized carbons (Fsp3) is 0.636. The Morgan fingerprint density at radius 1 is 1.14 bits per heavy atom. The molecule has 4 heterocycles. The molecule has 1 amide bonds. The van der Waals surface area contributed by atoms with E-state index in [9.17, 15) is 4.79 Å². The zero-order valence-corrected chi connectivity index (χ0v) is 17.3. The summed E-state index contributed by atoms with van der Waals surface area (Å²) in [5.74, 6) is 1.20. The first-order chi connectivity index (χ1) is 14.2. The molecule has 29 heavy (non-hydrogen) atoms. The van der Waals surface area contributed by atoms with Crippen LogP contribution in [0.4, 0.5) is 0 Å². The third-order valence-electron chi connectivity index (χ3n) is 6.73. The van der Waals surface area contributed by atoms with Crippen molar-refractivity contribution in [3.8, 4) is 0 Å². The van der Waals surface area contributed by atoms with E-state index in [4.69, 9.17) is 9.97 Å². The Hall–Kier alpha value is -2.28. The number of nitrogens with zero attached hydrogens (tertiary/aromatic N) is 5. The van der Waals surface area contributed by atoms with Gasteiger partial charge in [-0.2, -0.15) is 5.10 Å². The average molecular weight is 395 g/mol. The van der Waals surface area contributed by atoms with Gasteiger partial charge in [0, 0.05) is 67.2 Å². The SMILES string of the molecule is CN1CCc2nc([C@@H]3CCCN(C(=O)c4n[nH]c5c4CCCCC5)C3)ncc2C1. The van der Waals surface area contributed by atoms with Gasteiger partial charge in [0.15, 0.2) is 5.69 Å². The summed E-state index contributed by atoms with van der Waals surface area (Å²) in [5.41, 5.74) is 5.41. The second-order valence-corrected chi connectivity index (χ2v) is 8.87. The molecule has 7 nitrogen and oxygen atoms in total. The van der Waals surface area contributed by atoms with Crippen molar-refractivity contribution in [2.45, 2.75) is 63.8 Å². The van der Waals surface area contributed by atoms with Gasteiger partial charge in [0.05, 0.1) is 0 Å². The summed E-state index contributed by atoms with van der Waals surface area (Å²) >= 11 is 0. The lowest BCUT2D eigenvalue weighted by atomic mass is 9.95. The first-order valence-corrected chi connectivity index (χ1v) is 11.1. The van der Waals surface area contributed by atoms with Gasteiger partial charge in [0.25, 0.3) is 5.91 Å². The van der Waals surface area contributed by atoms with Crippen LogP contribution in [0.25, 0.3) is 0 Å². The van der Waals surface area contributed by atoms with Crippen molar-refractivity contribution < 1.29 is 4.79 Å². The molecular weight excluding hydrogens is 364 g/mol. The Morgan fingerprint density at radius 2 is 2.03 bits per heavy atom. The molecule has 3 aliphatic rings. The number of hydrogen-bond donors (Lipinski definition) is 1. The lowest BCUT2D eigenvalue weighted by Crippen LogP contribution is -2.40. The highest BCUT2D eigenvalue weighted by Gasteiger charge is 2.31. The van der Waals surface area contributed by atoms with Crippen molar-refractivity contribution in [3.63, 3.8) is 0 Å². The van der Waals surface area contributed by atoms with Crippen LogP contribution >= 0.6 is 0 Å². The van der Waals surface area contributed by atoms with Crippen LogP contribution in [-0.2, 0) is 25.8 Å². The van der Waals surface area contributed by atoms with Crippen LogP contribution in [-0.4, -0.2) is 62.6 Å². The van der Waals surface area contributed by atoms with Crippen molar-refractivity contribution in [1.82, 2.24) is 30.0 Å². The molecule has 0 radical (unpaired) electrons. The molecular formula is C22H30N6O. The summed E-state index contributed by atoms with van der Waals surface area (Å²) < 4.78 is 0. The predicted octanol–water partition coefficient (Wildman–Crippen LogP) is 2.48. The minimum absolute atomic E-state index is 0.0775. The number of hydrogen-bond acceptors (Lipinski definition) is 5. The first-order valence-electron chi connectivity index (χ1n) is 11.1. The van der Waals surface area contributed by atoms with Gasteiger partial charge >= 0.3 is 0 Å². The summed E-state index contributed by atoms with van der Waals surface area (Å²) in [4.78, 5) is 27.2. The van der Waals surface area contributed by atoms with Gasteiger partial charge in [-0.3, -0.25) is 9.89 Å². The van der Waals surface area contributed by atoms with Crippen molar-refractivity contribution in [2.24, 2.45) is 0 Å². The zero-order valence-electron chi connectivity index (χ0n) is 17.3. The molecule has 154 valence electrons. The smallest absolute Gasteiger partial charge is 0.274 e. The Balaban J connectivity index is 1.33. The Kier molecular flexibility index (Phi) is 5.08. The number of aromatic amines is 1. The highest BCUT2D eigenvalue weighted by atomic mass is 16.2. The van der Waals surface area contributed by atoms with E-state index in [2.05, 4.69) is 22.1 Å². The molecule has 2 aromatic rings. The largest absolute Gasteiger partial charge is 0.337 e. The molecule has 1 saturated heterocycles. The third-order valence-corrected chi connectivity index (χ3v) is 6.73. The van der Waals surface area contributed by atoms with E-state index < -0.39 is 0 Å². The maximum atomic E-state index is 13.3. The number of piperidine rings is 1. The number of carbonyl (C=O) groups is 1. The summed E-state index contributed by atoms with van der Waals surface area (Å²) in [6, 6.07) is 0. The fourth-order valence-electron chi connectivity index (χ4n) is 5.03. The van der Waals surface area contributed by atoms with Gasteiger partial charge in [-0.1, -0.05) is 6.42 Å². The van der Waals surface area contributed by atoms with Gasteiger partial charge in [0.2, 0.25) is 0 Å². The highest BCUT2D eigenvalue weighted by molar-refractivity contribution is 5.94. The van der Waals surface area contributed by atoms with E-state index in [1.807, 2.05) is 11.1 Å². The molecule has 5 rings (SSSR count). The molecule has 0 aromatic carbocycles. The predicted molar refractivity (Wildman–Crippen MR) is 110 cm³/mol. The number of carbonyl (C=O) groups excluding carboxylic acids is 1. The van der Waals surface area contributed by atoms with Gasteiger partial charge in [-0.05, 0) is 45.6 Å². The number of aromatic nitrogens is 4. The number of amides is 1. The van der Waals surface area contributed by atoms with E-state index in [1.54, 1.807) is 0 Å². The molecule has 0 unspecified atom stereocenters. The minimum atomic E-state index is 0.0775. The molecule has 7 heteroatoms. The van der Waals surface area contributed by atoms with Crippen molar-refractivity contribution in [2.75, 3.05) is 26.7 Å². The van der Waals surface area contributed by atoms with Crippen LogP contribution < -0.4 is 0 Å². The maximum absolute atomic E-state index is 13.3. The van der Waals surface area contributed by atoms with Gasteiger partial charge < -0.3 is 9.80 Å². The van der Waals surface area contributed by atoms with E-state index in [0.29, 0.717) is 12.2 Å². The fourth-order valence-corrected chi connectivity index (χ4v) is 5.03. The van der Waals surface area contributed by atoms with Crippen LogP contribution in [0.1, 0.15) is 76.8 Å². The summed E-state index contributed by atoms with van der Waals surface area (Å²) in [7, 11) is 2.14. The molecule has 0 bridgehead atoms. The zero-order chi connectivity index (χ0) is 19.8. The normalized spacial score (nSPS) is 22.7. The third kappa shape index (κ3) is 3.68. The minimum Gasteiger partial charge on any atom is -0.337 e. The Morgan fingerprint density at radius 3 is 2.97 bits per heavy atom. The highest BCUT2D eigenvalue weighted by Crippen LogP contribution is 2.28. The lowest BCUT2D eigenvalue weighted by Gasteiger charge is -2.32. The van der Waals surface area contributed by atoms with Crippen LogP contribution in [0.15, 0.2) is 6.20 Å². The number of likely N-dealkylation sites (N-methyl/N-ethyl adjacent to an activating group) is 1. The van der Waals surface area contributed by atoms with Crippen molar-refractivity contribution >= 4 is 5.91 Å². The quantitative estimate of drug-likeness (QED) is 0.792. The average Bonchev–Trinajstić information content (AvgIpc) is 3.01. The second-order valence-electron chi connectivity index (χ2n) is 8.87. The van der Waals surface area contributed by atoms with Gasteiger partial charge in [0.1, 0.15) is 5.82 Å². The van der Waals surface area contributed by atoms with Crippen molar-refractivity contribution in [3.05, 3.63) is 40.2 Å². The van der Waals surface area contributed by atoms with Crippen LogP contribution in [0.2, 0.25) is 0 Å². The maximum Gasteiger partial charge on any atom is 0.274 e. The van der Waals surface area contributed by atoms with Gasteiger partial charge in [-0.15, -0.1) is 0 Å². The molecule has 1 aliphatic carbocycles. The standard InChI is InChI=1S/C22H30N6O/c1-27-11-9-18-16(13-27)12-23-21(24-18)15-6-5-10-28(14-15)22(29)20-17-7-3-2-4-8-19(17)25-26-20/h12,15H,2-11,13-14H2,1H3,(H,25,26)/t15-/m1/s1. The number of H-pyrrole nitrogens is 1.